The molecule has 0 aliphatic carbocycles. The van der Waals surface area contributed by atoms with Gasteiger partial charge in [-0.3, -0.25) is 0 Å². The van der Waals surface area contributed by atoms with Crippen LogP contribution in [0.25, 0.3) is 11.0 Å². The molecule has 1 aliphatic rings. The minimum absolute atomic E-state index is 0.243. The number of rotatable bonds is 6. The van der Waals surface area contributed by atoms with Gasteiger partial charge in [0, 0.05) is 42.8 Å². The molecule has 0 fully saturated rings. The van der Waals surface area contributed by atoms with Crippen molar-refractivity contribution in [2.75, 3.05) is 38.6 Å². The van der Waals surface area contributed by atoms with Gasteiger partial charge >= 0.3 is 5.63 Å². The lowest BCUT2D eigenvalue weighted by molar-refractivity contribution is 0.413. The fourth-order valence-corrected chi connectivity index (χ4v) is 3.51. The van der Waals surface area contributed by atoms with Crippen LogP contribution in [0.3, 0.4) is 0 Å². The Morgan fingerprint density at radius 1 is 1.25 bits per heavy atom. The molecular weight excluding hydrogens is 300 g/mol. The minimum atomic E-state index is -0.243. The van der Waals surface area contributed by atoms with Gasteiger partial charge in [0.2, 0.25) is 0 Å². The topological polar surface area (TPSA) is 36.7 Å². The molecule has 3 rings (SSSR count). The molecule has 4 heteroatoms. The second-order valence-corrected chi connectivity index (χ2v) is 7.07. The van der Waals surface area contributed by atoms with Crippen LogP contribution in [-0.4, -0.2) is 38.6 Å². The van der Waals surface area contributed by atoms with Crippen LogP contribution in [-0.2, 0) is 12.8 Å². The second kappa shape index (κ2) is 7.39. The Kier molecular flexibility index (Phi) is 5.24. The Morgan fingerprint density at radius 3 is 2.83 bits per heavy atom. The number of hydrogen-bond acceptors (Lipinski definition) is 4. The van der Waals surface area contributed by atoms with Crippen LogP contribution in [0.2, 0.25) is 0 Å². The first kappa shape index (κ1) is 17.0. The Hall–Kier alpha value is -1.81. The van der Waals surface area contributed by atoms with Gasteiger partial charge in [-0.1, -0.05) is 13.3 Å². The molecule has 0 amide bonds. The van der Waals surface area contributed by atoms with Crippen molar-refractivity contribution in [2.24, 2.45) is 0 Å². The van der Waals surface area contributed by atoms with Crippen LogP contribution in [0, 0.1) is 0 Å². The molecule has 0 bridgehead atoms. The summed E-state index contributed by atoms with van der Waals surface area (Å²) in [5.74, 6) is 0. The van der Waals surface area contributed by atoms with Crippen molar-refractivity contribution in [1.82, 2.24) is 4.90 Å². The average Bonchev–Trinajstić information content (AvgIpc) is 2.56. The lowest BCUT2D eigenvalue weighted by atomic mass is 9.97. The van der Waals surface area contributed by atoms with Crippen LogP contribution in [0.4, 0.5) is 5.69 Å². The number of likely N-dealkylation sites (N-methyl/N-ethyl adjacent to an activating group) is 1. The summed E-state index contributed by atoms with van der Waals surface area (Å²) in [6.45, 7) is 5.34. The standard InChI is InChI=1S/C20H28N2O2/c1-4-5-9-22-10-6-7-16-12-17-15(8-11-21(2)3)13-20(23)24-19(17)14-18(16)22/h12-14H,4-11H2,1-3H3. The molecule has 0 unspecified atom stereocenters. The summed E-state index contributed by atoms with van der Waals surface area (Å²) in [7, 11) is 4.11. The first-order chi connectivity index (χ1) is 11.6. The van der Waals surface area contributed by atoms with Crippen molar-refractivity contribution >= 4 is 16.7 Å². The highest BCUT2D eigenvalue weighted by molar-refractivity contribution is 5.86. The fourth-order valence-electron chi connectivity index (χ4n) is 3.51. The molecular formula is C20H28N2O2. The van der Waals surface area contributed by atoms with E-state index in [0.717, 1.165) is 49.0 Å². The highest BCUT2D eigenvalue weighted by atomic mass is 16.4. The second-order valence-electron chi connectivity index (χ2n) is 7.07. The van der Waals surface area contributed by atoms with Gasteiger partial charge in [-0.2, -0.15) is 0 Å². The maximum Gasteiger partial charge on any atom is 0.336 e. The Morgan fingerprint density at radius 2 is 2.08 bits per heavy atom. The molecule has 0 saturated heterocycles. The summed E-state index contributed by atoms with van der Waals surface area (Å²) in [5.41, 5.74) is 4.24. The number of benzene rings is 1. The highest BCUT2D eigenvalue weighted by Gasteiger charge is 2.19. The zero-order valence-electron chi connectivity index (χ0n) is 15.1. The number of unbranched alkanes of at least 4 members (excludes halogenated alkanes) is 1. The molecule has 0 atom stereocenters. The van der Waals surface area contributed by atoms with E-state index in [9.17, 15) is 4.79 Å². The zero-order chi connectivity index (χ0) is 17.1. The fraction of sp³-hybridized carbons (Fsp3) is 0.550. The van der Waals surface area contributed by atoms with Gasteiger partial charge in [-0.25, -0.2) is 4.79 Å². The van der Waals surface area contributed by atoms with Gasteiger partial charge in [0.05, 0.1) is 0 Å². The number of anilines is 1. The summed E-state index contributed by atoms with van der Waals surface area (Å²) < 4.78 is 5.53. The zero-order valence-corrected chi connectivity index (χ0v) is 15.1. The molecule has 2 heterocycles. The maximum absolute atomic E-state index is 12.0. The van der Waals surface area contributed by atoms with Crippen LogP contribution in [0.5, 0.6) is 0 Å². The molecule has 0 N–H and O–H groups in total. The maximum atomic E-state index is 12.0. The normalized spacial score (nSPS) is 14.4. The SMILES string of the molecule is CCCCN1CCCc2cc3c(CCN(C)C)cc(=O)oc3cc21. The molecule has 0 saturated carbocycles. The van der Waals surface area contributed by atoms with E-state index >= 15 is 0 Å². The third kappa shape index (κ3) is 3.64. The lowest BCUT2D eigenvalue weighted by Gasteiger charge is -2.31. The van der Waals surface area contributed by atoms with Gasteiger partial charge in [0.1, 0.15) is 5.58 Å². The monoisotopic (exact) mass is 328 g/mol. The van der Waals surface area contributed by atoms with E-state index in [4.69, 9.17) is 4.42 Å². The molecule has 130 valence electrons. The van der Waals surface area contributed by atoms with E-state index in [0.29, 0.717) is 0 Å². The van der Waals surface area contributed by atoms with Crippen molar-refractivity contribution < 1.29 is 4.42 Å². The molecule has 1 aromatic carbocycles. The molecule has 4 nitrogen and oxygen atoms in total. The van der Waals surface area contributed by atoms with Crippen molar-refractivity contribution in [1.29, 1.82) is 0 Å². The van der Waals surface area contributed by atoms with Crippen molar-refractivity contribution in [3.63, 3.8) is 0 Å². The molecule has 1 aliphatic heterocycles. The number of fused-ring (bicyclic) bond motifs is 2. The molecule has 2 aromatic rings. The highest BCUT2D eigenvalue weighted by Crippen LogP contribution is 2.32. The third-order valence-corrected chi connectivity index (χ3v) is 4.85. The Balaban J connectivity index is 2.03. The van der Waals surface area contributed by atoms with E-state index in [1.54, 1.807) is 6.07 Å². The van der Waals surface area contributed by atoms with Crippen molar-refractivity contribution in [3.05, 3.63) is 39.7 Å². The molecule has 0 radical (unpaired) electrons. The first-order valence-electron chi connectivity index (χ1n) is 9.08. The van der Waals surface area contributed by atoms with E-state index in [1.165, 1.54) is 30.5 Å². The summed E-state index contributed by atoms with van der Waals surface area (Å²) in [5, 5.41) is 1.10. The number of hydrogen-bond donors (Lipinski definition) is 0. The average molecular weight is 328 g/mol. The van der Waals surface area contributed by atoms with Gasteiger partial charge in [0.15, 0.2) is 0 Å². The van der Waals surface area contributed by atoms with Crippen LogP contribution in [0.15, 0.2) is 27.4 Å². The molecule has 1 aromatic heterocycles. The molecule has 24 heavy (non-hydrogen) atoms. The summed E-state index contributed by atoms with van der Waals surface area (Å²) in [4.78, 5) is 16.6. The summed E-state index contributed by atoms with van der Waals surface area (Å²) in [6, 6.07) is 6.02. The number of nitrogens with zero attached hydrogens (tertiary/aromatic N) is 2. The summed E-state index contributed by atoms with van der Waals surface area (Å²) in [6.07, 6.45) is 5.58. The number of aryl methyl sites for hydroxylation is 1. The predicted octanol–water partition coefficient (Wildman–Crippen LogP) is 3.45. The van der Waals surface area contributed by atoms with E-state index in [2.05, 4.69) is 43.0 Å². The largest absolute Gasteiger partial charge is 0.423 e. The van der Waals surface area contributed by atoms with Crippen LogP contribution >= 0.6 is 0 Å². The van der Waals surface area contributed by atoms with Gasteiger partial charge < -0.3 is 14.2 Å². The first-order valence-corrected chi connectivity index (χ1v) is 9.08. The van der Waals surface area contributed by atoms with Gasteiger partial charge in [-0.15, -0.1) is 0 Å². The van der Waals surface area contributed by atoms with Crippen molar-refractivity contribution in [3.8, 4) is 0 Å². The van der Waals surface area contributed by atoms with Crippen LogP contribution < -0.4 is 10.5 Å². The predicted molar refractivity (Wildman–Crippen MR) is 100 cm³/mol. The van der Waals surface area contributed by atoms with E-state index in [1.807, 2.05) is 0 Å². The Bertz CT molecular complexity index is 764. The third-order valence-electron chi connectivity index (χ3n) is 4.85. The van der Waals surface area contributed by atoms with Crippen LogP contribution in [0.1, 0.15) is 37.3 Å². The van der Waals surface area contributed by atoms with Gasteiger partial charge in [0.25, 0.3) is 0 Å². The molecule has 0 spiro atoms. The minimum Gasteiger partial charge on any atom is -0.423 e. The van der Waals surface area contributed by atoms with E-state index < -0.39 is 0 Å². The van der Waals surface area contributed by atoms with Gasteiger partial charge in [-0.05, 0) is 57.0 Å². The summed E-state index contributed by atoms with van der Waals surface area (Å²) >= 11 is 0. The Labute approximate surface area is 144 Å². The quantitative estimate of drug-likeness (QED) is 0.761. The lowest BCUT2D eigenvalue weighted by Crippen LogP contribution is -2.30. The van der Waals surface area contributed by atoms with Crippen molar-refractivity contribution in [2.45, 2.75) is 39.0 Å². The smallest absolute Gasteiger partial charge is 0.336 e. The van der Waals surface area contributed by atoms with E-state index in [-0.39, 0.29) is 5.63 Å².